The lowest BCUT2D eigenvalue weighted by atomic mass is 10.2. The Kier molecular flexibility index (Phi) is 3.59. The van der Waals surface area contributed by atoms with Gasteiger partial charge in [-0.1, -0.05) is 6.08 Å². The third-order valence-electron chi connectivity index (χ3n) is 2.01. The number of hydrogen-bond donors (Lipinski definition) is 2. The van der Waals surface area contributed by atoms with Crippen LogP contribution in [0.15, 0.2) is 34.9 Å². The van der Waals surface area contributed by atoms with Crippen molar-refractivity contribution in [3.05, 3.63) is 34.9 Å². The maximum atomic E-state index is 9.12. The number of methoxy groups -OCH3 is 2. The standard InChI is InChI=1S/C10H15NO3/c1-13-9-5-8(11)4-3-7(6-12)10(9)14-2/h3,5,12H,4,6,11H2,1-2H3. The first-order valence-electron chi connectivity index (χ1n) is 4.31. The molecule has 0 aromatic carbocycles. The molecule has 0 atom stereocenters. The predicted molar refractivity (Wildman–Crippen MR) is 53.1 cm³/mol. The first-order chi connectivity index (χ1) is 6.72. The second-order valence-electron chi connectivity index (χ2n) is 2.91. The molecule has 0 saturated heterocycles. The minimum atomic E-state index is -0.0862. The van der Waals surface area contributed by atoms with Crippen LogP contribution in [0.3, 0.4) is 0 Å². The lowest BCUT2D eigenvalue weighted by Gasteiger charge is -2.10. The maximum absolute atomic E-state index is 9.12. The summed E-state index contributed by atoms with van der Waals surface area (Å²) in [5.74, 6) is 1.08. The van der Waals surface area contributed by atoms with Crippen LogP contribution in [0, 0.1) is 0 Å². The van der Waals surface area contributed by atoms with Crippen LogP contribution >= 0.6 is 0 Å². The fourth-order valence-corrected chi connectivity index (χ4v) is 1.30. The zero-order valence-electron chi connectivity index (χ0n) is 8.41. The first-order valence-corrected chi connectivity index (χ1v) is 4.31. The van der Waals surface area contributed by atoms with Crippen LogP contribution in [0.25, 0.3) is 0 Å². The summed E-state index contributed by atoms with van der Waals surface area (Å²) in [6.45, 7) is -0.0862. The highest BCUT2D eigenvalue weighted by Crippen LogP contribution is 2.22. The van der Waals surface area contributed by atoms with E-state index in [-0.39, 0.29) is 6.61 Å². The molecule has 0 aromatic rings. The van der Waals surface area contributed by atoms with Crippen LogP contribution in [-0.2, 0) is 9.47 Å². The van der Waals surface area contributed by atoms with E-state index in [1.807, 2.05) is 6.08 Å². The SMILES string of the molecule is COC1=C(OC)C(CO)=CCC(N)=C1. The largest absolute Gasteiger partial charge is 0.493 e. The molecular formula is C10H15NO3. The summed E-state index contributed by atoms with van der Waals surface area (Å²) < 4.78 is 10.3. The van der Waals surface area contributed by atoms with Gasteiger partial charge < -0.3 is 20.3 Å². The van der Waals surface area contributed by atoms with Crippen LogP contribution in [0.1, 0.15) is 6.42 Å². The average molecular weight is 197 g/mol. The van der Waals surface area contributed by atoms with Crippen molar-refractivity contribution in [2.45, 2.75) is 6.42 Å². The van der Waals surface area contributed by atoms with Gasteiger partial charge >= 0.3 is 0 Å². The Morgan fingerprint density at radius 3 is 2.64 bits per heavy atom. The van der Waals surface area contributed by atoms with Gasteiger partial charge in [-0.3, -0.25) is 0 Å². The fraction of sp³-hybridized carbons (Fsp3) is 0.400. The molecule has 0 bridgehead atoms. The highest BCUT2D eigenvalue weighted by Gasteiger charge is 2.14. The molecule has 78 valence electrons. The van der Waals surface area contributed by atoms with E-state index in [0.717, 1.165) is 0 Å². The predicted octanol–water partition coefficient (Wildman–Crippen LogP) is 0.656. The quantitative estimate of drug-likeness (QED) is 0.697. The molecule has 0 fully saturated rings. The topological polar surface area (TPSA) is 64.7 Å². The van der Waals surface area contributed by atoms with Gasteiger partial charge in [-0.25, -0.2) is 0 Å². The van der Waals surface area contributed by atoms with E-state index in [1.54, 1.807) is 13.2 Å². The van der Waals surface area contributed by atoms with Crippen molar-refractivity contribution >= 4 is 0 Å². The number of allylic oxidation sites excluding steroid dienone is 2. The van der Waals surface area contributed by atoms with E-state index < -0.39 is 0 Å². The van der Waals surface area contributed by atoms with Gasteiger partial charge in [-0.15, -0.1) is 0 Å². The van der Waals surface area contributed by atoms with Crippen LogP contribution in [0.4, 0.5) is 0 Å². The molecule has 0 saturated carbocycles. The Morgan fingerprint density at radius 1 is 1.43 bits per heavy atom. The molecule has 0 heterocycles. The zero-order valence-corrected chi connectivity index (χ0v) is 8.41. The van der Waals surface area contributed by atoms with Gasteiger partial charge in [0.25, 0.3) is 0 Å². The normalized spacial score (nSPS) is 17.1. The lowest BCUT2D eigenvalue weighted by molar-refractivity contribution is 0.226. The molecule has 4 heteroatoms. The second kappa shape index (κ2) is 4.72. The summed E-state index contributed by atoms with van der Waals surface area (Å²) in [6, 6.07) is 0. The molecule has 1 aliphatic rings. The van der Waals surface area contributed by atoms with E-state index in [2.05, 4.69) is 0 Å². The molecule has 4 nitrogen and oxygen atoms in total. The van der Waals surface area contributed by atoms with Crippen LogP contribution in [0.5, 0.6) is 0 Å². The smallest absolute Gasteiger partial charge is 0.165 e. The van der Waals surface area contributed by atoms with E-state index in [1.165, 1.54) is 7.11 Å². The van der Waals surface area contributed by atoms with Gasteiger partial charge in [0.15, 0.2) is 11.5 Å². The maximum Gasteiger partial charge on any atom is 0.165 e. The number of aliphatic hydroxyl groups excluding tert-OH is 1. The Balaban J connectivity index is 3.15. The van der Waals surface area contributed by atoms with Crippen LogP contribution < -0.4 is 5.73 Å². The first kappa shape index (κ1) is 10.7. The van der Waals surface area contributed by atoms with Gasteiger partial charge in [0.2, 0.25) is 0 Å². The number of hydrogen-bond acceptors (Lipinski definition) is 4. The summed E-state index contributed by atoms with van der Waals surface area (Å²) in [6.07, 6.45) is 4.13. The molecule has 0 amide bonds. The third-order valence-corrected chi connectivity index (χ3v) is 2.01. The van der Waals surface area contributed by atoms with Crippen LogP contribution in [-0.4, -0.2) is 25.9 Å². The Morgan fingerprint density at radius 2 is 2.14 bits per heavy atom. The molecule has 1 aliphatic carbocycles. The van der Waals surface area contributed by atoms with E-state index >= 15 is 0 Å². The minimum absolute atomic E-state index is 0.0862. The van der Waals surface area contributed by atoms with Crippen molar-refractivity contribution in [2.75, 3.05) is 20.8 Å². The van der Waals surface area contributed by atoms with Gasteiger partial charge in [-0.05, 0) is 0 Å². The van der Waals surface area contributed by atoms with Crippen molar-refractivity contribution in [1.29, 1.82) is 0 Å². The van der Waals surface area contributed by atoms with E-state index in [4.69, 9.17) is 20.3 Å². The molecular weight excluding hydrogens is 182 g/mol. The third kappa shape index (κ3) is 2.09. The Hall–Kier alpha value is -1.42. The van der Waals surface area contributed by atoms with Gasteiger partial charge in [0.1, 0.15) is 0 Å². The average Bonchev–Trinajstić information content (AvgIpc) is 2.36. The second-order valence-corrected chi connectivity index (χ2v) is 2.91. The molecule has 1 rings (SSSR count). The highest BCUT2D eigenvalue weighted by molar-refractivity contribution is 5.38. The number of ether oxygens (including phenoxy) is 2. The summed E-state index contributed by atoms with van der Waals surface area (Å²) >= 11 is 0. The lowest BCUT2D eigenvalue weighted by Crippen LogP contribution is -2.01. The minimum Gasteiger partial charge on any atom is -0.493 e. The van der Waals surface area contributed by atoms with Crippen molar-refractivity contribution in [3.63, 3.8) is 0 Å². The molecule has 3 N–H and O–H groups in total. The molecule has 14 heavy (non-hydrogen) atoms. The van der Waals surface area contributed by atoms with E-state index in [9.17, 15) is 0 Å². The fourth-order valence-electron chi connectivity index (χ4n) is 1.30. The summed E-state index contributed by atoms with van der Waals surface area (Å²) in [7, 11) is 3.08. The highest BCUT2D eigenvalue weighted by atomic mass is 16.5. The zero-order chi connectivity index (χ0) is 10.6. The molecule has 0 unspecified atom stereocenters. The summed E-state index contributed by atoms with van der Waals surface area (Å²) in [5, 5.41) is 9.12. The molecule has 0 aliphatic heterocycles. The van der Waals surface area contributed by atoms with Crippen molar-refractivity contribution in [1.82, 2.24) is 0 Å². The summed E-state index contributed by atoms with van der Waals surface area (Å²) in [5.41, 5.74) is 7.08. The summed E-state index contributed by atoms with van der Waals surface area (Å²) in [4.78, 5) is 0. The molecule has 0 spiro atoms. The van der Waals surface area contributed by atoms with Crippen molar-refractivity contribution < 1.29 is 14.6 Å². The Labute approximate surface area is 83.3 Å². The van der Waals surface area contributed by atoms with Gasteiger partial charge in [0, 0.05) is 23.8 Å². The number of nitrogens with two attached hydrogens (primary N) is 1. The monoisotopic (exact) mass is 197 g/mol. The van der Waals surface area contributed by atoms with Crippen molar-refractivity contribution in [2.24, 2.45) is 5.73 Å². The molecule has 0 radical (unpaired) electrons. The number of aliphatic hydroxyl groups is 1. The van der Waals surface area contributed by atoms with E-state index in [0.29, 0.717) is 29.2 Å². The number of rotatable bonds is 3. The van der Waals surface area contributed by atoms with Crippen molar-refractivity contribution in [3.8, 4) is 0 Å². The molecule has 0 aromatic heterocycles. The van der Waals surface area contributed by atoms with Crippen LogP contribution in [0.2, 0.25) is 0 Å². The van der Waals surface area contributed by atoms with Gasteiger partial charge in [-0.2, -0.15) is 0 Å². The Bertz CT molecular complexity index is 302. The van der Waals surface area contributed by atoms with Gasteiger partial charge in [0.05, 0.1) is 20.8 Å².